The van der Waals surface area contributed by atoms with Crippen LogP contribution in [0.25, 0.3) is 0 Å². The number of aromatic nitrogens is 1. The van der Waals surface area contributed by atoms with Crippen LogP contribution in [0.2, 0.25) is 0 Å². The maximum Gasteiger partial charge on any atom is 0.345 e. The Bertz CT molecular complexity index is 770. The largest absolute Gasteiger partial charge is 0.477 e. The molecule has 106 valence electrons. The molecule has 0 fully saturated rings. The van der Waals surface area contributed by atoms with Crippen LogP contribution in [-0.4, -0.2) is 24.5 Å². The van der Waals surface area contributed by atoms with Crippen molar-refractivity contribution in [1.29, 1.82) is 0 Å². The summed E-state index contributed by atoms with van der Waals surface area (Å²) in [5.41, 5.74) is 1.09. The third-order valence-electron chi connectivity index (χ3n) is 2.36. The number of aromatic carboxylic acids is 1. The van der Waals surface area contributed by atoms with Crippen molar-refractivity contribution in [2.24, 2.45) is 0 Å². The number of sulfonamides is 1. The van der Waals surface area contributed by atoms with E-state index >= 15 is 0 Å². The third-order valence-corrected chi connectivity index (χ3v) is 5.62. The highest BCUT2D eigenvalue weighted by atomic mass is 79.9. The summed E-state index contributed by atoms with van der Waals surface area (Å²) in [6.45, 7) is 1.78. The molecule has 2 aromatic rings. The van der Waals surface area contributed by atoms with E-state index in [1.54, 1.807) is 13.0 Å². The van der Waals surface area contributed by atoms with E-state index in [0.29, 0.717) is 10.3 Å². The molecule has 0 atom stereocenters. The minimum atomic E-state index is -3.81. The monoisotopic (exact) mass is 376 g/mol. The van der Waals surface area contributed by atoms with Crippen molar-refractivity contribution in [3.8, 4) is 0 Å². The Labute approximate surface area is 127 Å². The minimum absolute atomic E-state index is 0.0320. The lowest BCUT2D eigenvalue weighted by molar-refractivity contribution is 0.0702. The van der Waals surface area contributed by atoms with Gasteiger partial charge in [-0.25, -0.2) is 18.2 Å². The molecule has 0 aliphatic carbocycles. The number of carboxylic acid groups (broad SMARTS) is 1. The van der Waals surface area contributed by atoms with Gasteiger partial charge in [0.05, 0.1) is 16.8 Å². The first-order chi connectivity index (χ1) is 9.29. The minimum Gasteiger partial charge on any atom is -0.477 e. The Morgan fingerprint density at radius 1 is 1.45 bits per heavy atom. The van der Waals surface area contributed by atoms with E-state index < -0.39 is 16.0 Å². The molecule has 0 aromatic carbocycles. The van der Waals surface area contributed by atoms with Gasteiger partial charge in [-0.1, -0.05) is 0 Å². The number of halogens is 1. The highest BCUT2D eigenvalue weighted by molar-refractivity contribution is 9.10. The van der Waals surface area contributed by atoms with E-state index in [9.17, 15) is 13.2 Å². The lowest BCUT2D eigenvalue weighted by Gasteiger charge is -2.07. The molecule has 20 heavy (non-hydrogen) atoms. The Balaban J connectivity index is 2.30. The molecule has 0 spiro atoms. The van der Waals surface area contributed by atoms with Crippen LogP contribution in [0.3, 0.4) is 0 Å². The average molecular weight is 377 g/mol. The number of anilines is 1. The molecular weight excluding hydrogens is 368 g/mol. The van der Waals surface area contributed by atoms with E-state index in [1.165, 1.54) is 11.6 Å². The van der Waals surface area contributed by atoms with Gasteiger partial charge in [0, 0.05) is 5.38 Å². The van der Waals surface area contributed by atoms with Crippen LogP contribution < -0.4 is 4.72 Å². The maximum atomic E-state index is 12.1. The third kappa shape index (κ3) is 3.17. The van der Waals surface area contributed by atoms with E-state index in [4.69, 9.17) is 5.11 Å². The molecule has 9 heteroatoms. The second kappa shape index (κ2) is 5.51. The van der Waals surface area contributed by atoms with Gasteiger partial charge in [0.2, 0.25) is 0 Å². The summed E-state index contributed by atoms with van der Waals surface area (Å²) < 4.78 is 27.2. The fraction of sp³-hybridized carbons (Fsp3) is 0.0909. The van der Waals surface area contributed by atoms with Gasteiger partial charge in [-0.05, 0) is 40.5 Å². The molecule has 0 unspecified atom stereocenters. The second-order valence-electron chi connectivity index (χ2n) is 3.89. The Morgan fingerprint density at radius 2 is 2.15 bits per heavy atom. The summed E-state index contributed by atoms with van der Waals surface area (Å²) in [6.07, 6.45) is 1.37. The normalized spacial score (nSPS) is 11.3. The highest BCUT2D eigenvalue weighted by Crippen LogP contribution is 2.23. The summed E-state index contributed by atoms with van der Waals surface area (Å²) in [5.74, 6) is -1.15. The van der Waals surface area contributed by atoms with E-state index in [1.807, 2.05) is 0 Å². The number of aryl methyl sites for hydroxylation is 1. The van der Waals surface area contributed by atoms with Crippen LogP contribution in [0, 0.1) is 6.92 Å². The summed E-state index contributed by atoms with van der Waals surface area (Å²) in [5, 5.41) is 10.1. The molecule has 2 rings (SSSR count). The van der Waals surface area contributed by atoms with Crippen LogP contribution in [-0.2, 0) is 10.0 Å². The smallest absolute Gasteiger partial charge is 0.345 e. The number of carbonyl (C=O) groups is 1. The van der Waals surface area contributed by atoms with Gasteiger partial charge in [-0.2, -0.15) is 0 Å². The fourth-order valence-corrected chi connectivity index (χ4v) is 3.76. The molecule has 0 amide bonds. The Morgan fingerprint density at radius 3 is 2.70 bits per heavy atom. The summed E-state index contributed by atoms with van der Waals surface area (Å²) in [6, 6.07) is 2.74. The standard InChI is InChI=1S/C11H9BrN2O4S2/c1-6-2-7(4-13-10(6)12)14-20(17,18)8-3-9(11(15)16)19-5-8/h2-5,14H,1H3,(H,15,16). The number of carboxylic acids is 1. The van der Waals surface area contributed by atoms with Gasteiger partial charge in [0.25, 0.3) is 10.0 Å². The topological polar surface area (TPSA) is 96.4 Å². The predicted molar refractivity (Wildman–Crippen MR) is 78.8 cm³/mol. The average Bonchev–Trinajstić information content (AvgIpc) is 2.84. The molecule has 0 aliphatic rings. The van der Waals surface area contributed by atoms with Crippen molar-refractivity contribution in [3.63, 3.8) is 0 Å². The van der Waals surface area contributed by atoms with Crippen LogP contribution >= 0.6 is 27.3 Å². The maximum absolute atomic E-state index is 12.1. The van der Waals surface area contributed by atoms with Gasteiger partial charge in [-0.15, -0.1) is 11.3 Å². The van der Waals surface area contributed by atoms with Crippen molar-refractivity contribution < 1.29 is 18.3 Å². The van der Waals surface area contributed by atoms with Gasteiger partial charge in [0.1, 0.15) is 9.48 Å². The van der Waals surface area contributed by atoms with Crippen LogP contribution in [0.15, 0.2) is 33.2 Å². The number of thiophene rings is 1. The number of pyridine rings is 1. The summed E-state index contributed by atoms with van der Waals surface area (Å²) in [7, 11) is -3.81. The summed E-state index contributed by atoms with van der Waals surface area (Å²) >= 11 is 4.08. The fourth-order valence-electron chi connectivity index (χ4n) is 1.40. The molecule has 2 aromatic heterocycles. The first-order valence-corrected chi connectivity index (χ1v) is 8.42. The number of nitrogens with one attached hydrogen (secondary N) is 1. The van der Waals surface area contributed by atoms with Crippen molar-refractivity contribution in [1.82, 2.24) is 4.98 Å². The Hall–Kier alpha value is -1.45. The van der Waals surface area contributed by atoms with Crippen LogP contribution in [0.1, 0.15) is 15.2 Å². The first-order valence-electron chi connectivity index (χ1n) is 5.26. The Kier molecular flexibility index (Phi) is 4.11. The molecule has 0 saturated heterocycles. The number of nitrogens with zero attached hydrogens (tertiary/aromatic N) is 1. The van der Waals surface area contributed by atoms with E-state index in [2.05, 4.69) is 25.6 Å². The van der Waals surface area contributed by atoms with Gasteiger partial charge in [-0.3, -0.25) is 4.72 Å². The molecule has 2 N–H and O–H groups in total. The molecule has 0 radical (unpaired) electrons. The molecule has 2 heterocycles. The molecule has 0 aliphatic heterocycles. The van der Waals surface area contributed by atoms with Crippen molar-refractivity contribution in [2.75, 3.05) is 4.72 Å². The van der Waals surface area contributed by atoms with Crippen LogP contribution in [0.4, 0.5) is 5.69 Å². The van der Waals surface area contributed by atoms with Gasteiger partial charge < -0.3 is 5.11 Å². The van der Waals surface area contributed by atoms with E-state index in [0.717, 1.165) is 23.0 Å². The zero-order valence-corrected chi connectivity index (χ0v) is 13.3. The lowest BCUT2D eigenvalue weighted by atomic mass is 10.3. The van der Waals surface area contributed by atoms with Crippen molar-refractivity contribution in [2.45, 2.75) is 11.8 Å². The van der Waals surface area contributed by atoms with Gasteiger partial charge in [0.15, 0.2) is 0 Å². The van der Waals surface area contributed by atoms with Crippen LogP contribution in [0.5, 0.6) is 0 Å². The number of rotatable bonds is 4. The lowest BCUT2D eigenvalue weighted by Crippen LogP contribution is -2.12. The van der Waals surface area contributed by atoms with Gasteiger partial charge >= 0.3 is 5.97 Å². The second-order valence-corrected chi connectivity index (χ2v) is 7.23. The first kappa shape index (κ1) is 14.9. The van der Waals surface area contributed by atoms with Crippen molar-refractivity contribution >= 4 is 48.9 Å². The quantitative estimate of drug-likeness (QED) is 0.799. The number of hydrogen-bond donors (Lipinski definition) is 2. The van der Waals surface area contributed by atoms with E-state index in [-0.39, 0.29) is 9.77 Å². The summed E-state index contributed by atoms with van der Waals surface area (Å²) in [4.78, 5) is 14.6. The predicted octanol–water partition coefficient (Wildman–Crippen LogP) is 2.71. The molecule has 0 bridgehead atoms. The zero-order chi connectivity index (χ0) is 14.9. The molecule has 0 saturated carbocycles. The highest BCUT2D eigenvalue weighted by Gasteiger charge is 2.19. The zero-order valence-electron chi connectivity index (χ0n) is 10.1. The number of hydrogen-bond acceptors (Lipinski definition) is 5. The molecule has 6 nitrogen and oxygen atoms in total. The SMILES string of the molecule is Cc1cc(NS(=O)(=O)c2csc(C(=O)O)c2)cnc1Br. The molecular formula is C11H9BrN2O4S2. The van der Waals surface area contributed by atoms with Crippen molar-refractivity contribution in [3.05, 3.63) is 38.8 Å².